The average Bonchev–Trinajstić information content (AvgIpc) is 2.55. The molecule has 1 heterocycles. The number of aryl methyl sites for hydroxylation is 1. The molecule has 0 aliphatic heterocycles. The molecule has 126 valence electrons. The number of nitrogens with one attached hydrogen (secondary N) is 3. The molecule has 1 rings (SSSR count). The van der Waals surface area contributed by atoms with E-state index in [1.165, 1.54) is 0 Å². The van der Waals surface area contributed by atoms with Crippen molar-refractivity contribution in [3.63, 3.8) is 0 Å². The number of carboxylic acid groups (broad SMARTS) is 1. The van der Waals surface area contributed by atoms with Crippen molar-refractivity contribution in [3.8, 4) is 0 Å². The highest BCUT2D eigenvalue weighted by Crippen LogP contribution is 1.99. The van der Waals surface area contributed by atoms with Crippen LogP contribution in [0, 0.1) is 0 Å². The smallest absolute Gasteiger partial charge is 0.317 e. The molecule has 6 heteroatoms. The molecule has 0 aliphatic carbocycles. The van der Waals surface area contributed by atoms with Crippen LogP contribution < -0.4 is 16.0 Å². The van der Waals surface area contributed by atoms with E-state index in [-0.39, 0.29) is 6.54 Å². The second kappa shape index (κ2) is 14.4. The second-order valence-corrected chi connectivity index (χ2v) is 4.47. The molecular weight excluding hydrogens is 280 g/mol. The Bertz CT molecular complexity index is 399. The number of hydrogen-bond donors (Lipinski definition) is 4. The van der Waals surface area contributed by atoms with E-state index >= 15 is 0 Å². The van der Waals surface area contributed by atoms with E-state index in [0.717, 1.165) is 44.0 Å². The van der Waals surface area contributed by atoms with Crippen LogP contribution >= 0.6 is 0 Å². The lowest BCUT2D eigenvalue weighted by Crippen LogP contribution is -2.34. The van der Waals surface area contributed by atoms with Gasteiger partial charge in [0.2, 0.25) is 0 Å². The Hall–Kier alpha value is -1.50. The number of pyridine rings is 1. The second-order valence-electron chi connectivity index (χ2n) is 4.47. The molecule has 1 aromatic rings. The van der Waals surface area contributed by atoms with Crippen molar-refractivity contribution < 1.29 is 9.90 Å². The predicted octanol–water partition coefficient (Wildman–Crippen LogP) is 1.02. The van der Waals surface area contributed by atoms with Gasteiger partial charge in [-0.1, -0.05) is 26.8 Å². The maximum atomic E-state index is 10.3. The van der Waals surface area contributed by atoms with E-state index in [2.05, 4.69) is 27.9 Å². The maximum Gasteiger partial charge on any atom is 0.317 e. The van der Waals surface area contributed by atoms with Crippen molar-refractivity contribution in [2.45, 2.75) is 33.7 Å². The maximum absolute atomic E-state index is 10.3. The van der Waals surface area contributed by atoms with Crippen molar-refractivity contribution in [2.24, 2.45) is 0 Å². The van der Waals surface area contributed by atoms with Gasteiger partial charge < -0.3 is 21.1 Å². The molecule has 1 aromatic heterocycles. The molecule has 0 fully saturated rings. The third kappa shape index (κ3) is 11.2. The van der Waals surface area contributed by atoms with Gasteiger partial charge in [0.25, 0.3) is 0 Å². The number of aromatic nitrogens is 1. The topological polar surface area (TPSA) is 86.3 Å². The first kappa shape index (κ1) is 20.5. The minimum Gasteiger partial charge on any atom is -0.480 e. The zero-order valence-electron chi connectivity index (χ0n) is 14.0. The van der Waals surface area contributed by atoms with Crippen LogP contribution in [0.25, 0.3) is 0 Å². The van der Waals surface area contributed by atoms with Gasteiger partial charge in [0.05, 0.1) is 12.2 Å². The lowest BCUT2D eigenvalue weighted by molar-refractivity contribution is -0.135. The summed E-state index contributed by atoms with van der Waals surface area (Å²) in [7, 11) is 0. The summed E-state index contributed by atoms with van der Waals surface area (Å²) in [5.74, 6) is -0.825. The molecule has 0 spiro atoms. The van der Waals surface area contributed by atoms with Crippen LogP contribution in [0.3, 0.4) is 0 Å². The first-order chi connectivity index (χ1) is 10.7. The summed E-state index contributed by atoms with van der Waals surface area (Å²) in [4.78, 5) is 14.8. The summed E-state index contributed by atoms with van der Waals surface area (Å²) in [6.45, 7) is 10.0. The number of rotatable bonds is 11. The summed E-state index contributed by atoms with van der Waals surface area (Å²) < 4.78 is 0. The molecule has 0 amide bonds. The van der Waals surface area contributed by atoms with Gasteiger partial charge in [0, 0.05) is 38.4 Å². The normalized spacial score (nSPS) is 9.95. The van der Waals surface area contributed by atoms with Crippen LogP contribution in [-0.4, -0.2) is 48.8 Å². The fourth-order valence-electron chi connectivity index (χ4n) is 1.71. The van der Waals surface area contributed by atoms with Gasteiger partial charge in [-0.2, -0.15) is 0 Å². The Kier molecular flexibility index (Phi) is 13.5. The van der Waals surface area contributed by atoms with Gasteiger partial charge >= 0.3 is 5.97 Å². The fraction of sp³-hybridized carbons (Fsp3) is 0.625. The van der Waals surface area contributed by atoms with Crippen molar-refractivity contribution in [2.75, 3.05) is 32.7 Å². The standard InChI is InChI=1S/C14H24N4O2.C2H6/c1-2-12-4-3-5-13(18-12)10-16-8-6-15-7-9-17-11-14(19)20;1-2/h3-5,15-17H,2,6-11H2,1H3,(H,19,20);1-2H3. The molecular formula is C16H30N4O2. The third-order valence-corrected chi connectivity index (χ3v) is 2.77. The Morgan fingerprint density at radius 2 is 1.64 bits per heavy atom. The third-order valence-electron chi connectivity index (χ3n) is 2.77. The number of hydrogen-bond acceptors (Lipinski definition) is 5. The first-order valence-corrected chi connectivity index (χ1v) is 8.01. The summed E-state index contributed by atoms with van der Waals surface area (Å²) >= 11 is 0. The molecule has 0 unspecified atom stereocenters. The molecule has 0 aliphatic rings. The largest absolute Gasteiger partial charge is 0.480 e. The summed E-state index contributed by atoms with van der Waals surface area (Å²) in [5, 5.41) is 17.8. The number of carbonyl (C=O) groups is 1. The molecule has 0 bridgehead atoms. The monoisotopic (exact) mass is 310 g/mol. The number of carboxylic acids is 1. The quantitative estimate of drug-likeness (QED) is 0.457. The molecule has 0 aromatic carbocycles. The minimum atomic E-state index is -0.825. The van der Waals surface area contributed by atoms with Crippen LogP contribution in [0.5, 0.6) is 0 Å². The average molecular weight is 310 g/mol. The van der Waals surface area contributed by atoms with Gasteiger partial charge in [-0.05, 0) is 18.6 Å². The van der Waals surface area contributed by atoms with Gasteiger partial charge in [-0.15, -0.1) is 0 Å². The molecule has 6 nitrogen and oxygen atoms in total. The zero-order valence-corrected chi connectivity index (χ0v) is 14.0. The highest BCUT2D eigenvalue weighted by molar-refractivity contribution is 5.68. The fourth-order valence-corrected chi connectivity index (χ4v) is 1.71. The Morgan fingerprint density at radius 1 is 1.05 bits per heavy atom. The Morgan fingerprint density at radius 3 is 2.27 bits per heavy atom. The van der Waals surface area contributed by atoms with Crippen LogP contribution in [0.15, 0.2) is 18.2 Å². The van der Waals surface area contributed by atoms with Crippen molar-refractivity contribution in [1.29, 1.82) is 0 Å². The Labute approximate surface area is 133 Å². The van der Waals surface area contributed by atoms with E-state index in [9.17, 15) is 4.79 Å². The van der Waals surface area contributed by atoms with Crippen LogP contribution in [0.1, 0.15) is 32.2 Å². The highest BCUT2D eigenvalue weighted by atomic mass is 16.4. The molecule has 0 saturated carbocycles. The van der Waals surface area contributed by atoms with Crippen LogP contribution in [0.4, 0.5) is 0 Å². The molecule has 4 N–H and O–H groups in total. The van der Waals surface area contributed by atoms with Crippen molar-refractivity contribution >= 4 is 5.97 Å². The SMILES string of the molecule is CC.CCc1cccc(CNCCNCCNCC(=O)O)n1. The van der Waals surface area contributed by atoms with Gasteiger partial charge in [-0.3, -0.25) is 9.78 Å². The number of aliphatic carboxylic acids is 1. The van der Waals surface area contributed by atoms with Crippen molar-refractivity contribution in [1.82, 2.24) is 20.9 Å². The predicted molar refractivity (Wildman–Crippen MR) is 90.0 cm³/mol. The zero-order chi connectivity index (χ0) is 16.6. The van der Waals surface area contributed by atoms with Gasteiger partial charge in [0.1, 0.15) is 0 Å². The van der Waals surface area contributed by atoms with Gasteiger partial charge in [-0.25, -0.2) is 0 Å². The first-order valence-electron chi connectivity index (χ1n) is 8.01. The van der Waals surface area contributed by atoms with E-state index < -0.39 is 5.97 Å². The van der Waals surface area contributed by atoms with Crippen LogP contribution in [0.2, 0.25) is 0 Å². The summed E-state index contributed by atoms with van der Waals surface area (Å²) in [5.41, 5.74) is 2.18. The highest BCUT2D eigenvalue weighted by Gasteiger charge is 1.96. The minimum absolute atomic E-state index is 0.0133. The van der Waals surface area contributed by atoms with E-state index in [0.29, 0.717) is 6.54 Å². The molecule has 0 radical (unpaired) electrons. The van der Waals surface area contributed by atoms with E-state index in [4.69, 9.17) is 5.11 Å². The van der Waals surface area contributed by atoms with E-state index in [1.807, 2.05) is 32.0 Å². The van der Waals surface area contributed by atoms with Crippen molar-refractivity contribution in [3.05, 3.63) is 29.6 Å². The lowest BCUT2D eigenvalue weighted by atomic mass is 10.2. The van der Waals surface area contributed by atoms with Crippen LogP contribution in [-0.2, 0) is 17.8 Å². The molecule has 0 saturated heterocycles. The molecule has 0 atom stereocenters. The van der Waals surface area contributed by atoms with E-state index in [1.54, 1.807) is 0 Å². The van der Waals surface area contributed by atoms with Gasteiger partial charge in [0.15, 0.2) is 0 Å². The summed E-state index contributed by atoms with van der Waals surface area (Å²) in [6, 6.07) is 6.10. The summed E-state index contributed by atoms with van der Waals surface area (Å²) in [6.07, 6.45) is 0.957. The Balaban J connectivity index is 0.00000211. The number of nitrogens with zero attached hydrogens (tertiary/aromatic N) is 1. The lowest BCUT2D eigenvalue weighted by Gasteiger charge is -2.07. The molecule has 22 heavy (non-hydrogen) atoms.